The van der Waals surface area contributed by atoms with Crippen molar-refractivity contribution in [3.05, 3.63) is 0 Å². The zero-order valence-corrected chi connectivity index (χ0v) is 15.3. The minimum atomic E-state index is -4.51. The first kappa shape index (κ1) is 24.4. The van der Waals surface area contributed by atoms with Crippen LogP contribution in [0.25, 0.3) is 0 Å². The van der Waals surface area contributed by atoms with Gasteiger partial charge in [0.1, 0.15) is 0 Å². The summed E-state index contributed by atoms with van der Waals surface area (Å²) in [6, 6.07) is 0. The Bertz CT molecular complexity index is 388. The van der Waals surface area contributed by atoms with Crippen molar-refractivity contribution in [1.82, 2.24) is 0 Å². The normalized spacial score (nSPS) is 23.3. The molecule has 0 aromatic carbocycles. The second-order valence-corrected chi connectivity index (χ2v) is 7.00. The standard InChI is InChI=1S/C8H11F5.C7H11F3.C2H6/c1-5(2)6(8(11,12)13)3-7(9,10)4-6;1-2-6(4-3-5-6)7(8,9)10;1-2/h5H,3-4H2,1-2H3;2-5H2,1H3;1-2H3. The molecule has 0 spiro atoms. The molecule has 0 radical (unpaired) electrons. The van der Waals surface area contributed by atoms with Crippen LogP contribution in [0.15, 0.2) is 0 Å². The molecule has 0 amide bonds. The van der Waals surface area contributed by atoms with Crippen LogP contribution in [0.4, 0.5) is 35.1 Å². The van der Waals surface area contributed by atoms with Crippen LogP contribution in [0.5, 0.6) is 0 Å². The molecule has 2 rings (SSSR count). The molecule has 0 atom stereocenters. The van der Waals surface area contributed by atoms with E-state index >= 15 is 0 Å². The Morgan fingerprint density at radius 1 is 0.840 bits per heavy atom. The molecule has 2 saturated carbocycles. The minimum Gasteiger partial charge on any atom is -0.207 e. The van der Waals surface area contributed by atoms with Gasteiger partial charge < -0.3 is 0 Å². The Morgan fingerprint density at radius 2 is 1.24 bits per heavy atom. The third-order valence-electron chi connectivity index (χ3n) is 5.41. The van der Waals surface area contributed by atoms with Crippen LogP contribution in [-0.4, -0.2) is 18.3 Å². The Balaban J connectivity index is 0.000000430. The maximum atomic E-state index is 12.4. The van der Waals surface area contributed by atoms with Gasteiger partial charge in [0.15, 0.2) is 0 Å². The van der Waals surface area contributed by atoms with Crippen molar-refractivity contribution in [2.75, 3.05) is 0 Å². The molecule has 0 aromatic heterocycles. The van der Waals surface area contributed by atoms with Crippen molar-refractivity contribution in [2.45, 2.75) is 91.4 Å². The first-order chi connectivity index (χ1) is 11.1. The summed E-state index contributed by atoms with van der Waals surface area (Å²) in [4.78, 5) is 0. The molecular weight excluding hydrogens is 356 g/mol. The van der Waals surface area contributed by atoms with Crippen molar-refractivity contribution in [2.24, 2.45) is 16.7 Å². The Hall–Kier alpha value is -0.560. The van der Waals surface area contributed by atoms with E-state index in [1.807, 2.05) is 13.8 Å². The molecule has 0 saturated heterocycles. The predicted octanol–water partition coefficient (Wildman–Crippen LogP) is 7.78. The van der Waals surface area contributed by atoms with E-state index in [2.05, 4.69) is 0 Å². The molecule has 8 heteroatoms. The second kappa shape index (κ2) is 7.99. The Morgan fingerprint density at radius 3 is 1.28 bits per heavy atom. The zero-order valence-electron chi connectivity index (χ0n) is 15.3. The fourth-order valence-electron chi connectivity index (χ4n) is 3.25. The SMILES string of the molecule is CC.CC(C)C1(C(F)(F)F)CC(F)(F)C1.CCC1(C(F)(F)F)CCC1. The van der Waals surface area contributed by atoms with Gasteiger partial charge in [-0.05, 0) is 25.2 Å². The lowest BCUT2D eigenvalue weighted by molar-refractivity contribution is -0.324. The van der Waals surface area contributed by atoms with E-state index in [9.17, 15) is 35.1 Å². The summed E-state index contributed by atoms with van der Waals surface area (Å²) < 4.78 is 98.6. The lowest BCUT2D eigenvalue weighted by Gasteiger charge is -2.50. The fraction of sp³-hybridized carbons (Fsp3) is 1.00. The van der Waals surface area contributed by atoms with Gasteiger partial charge in [0, 0.05) is 12.8 Å². The highest BCUT2D eigenvalue weighted by Gasteiger charge is 2.70. The fourth-order valence-corrected chi connectivity index (χ4v) is 3.25. The summed E-state index contributed by atoms with van der Waals surface area (Å²) in [5, 5.41) is 0. The number of hydrogen-bond donors (Lipinski definition) is 0. The summed E-state index contributed by atoms with van der Waals surface area (Å²) >= 11 is 0. The van der Waals surface area contributed by atoms with Crippen molar-refractivity contribution >= 4 is 0 Å². The molecule has 2 fully saturated rings. The molecule has 0 aliphatic heterocycles. The number of hydrogen-bond acceptors (Lipinski definition) is 0. The van der Waals surface area contributed by atoms with Gasteiger partial charge in [-0.2, -0.15) is 26.3 Å². The molecule has 0 nitrogen and oxygen atoms in total. The topological polar surface area (TPSA) is 0 Å². The van der Waals surface area contributed by atoms with Crippen molar-refractivity contribution in [3.8, 4) is 0 Å². The molecule has 0 N–H and O–H groups in total. The molecule has 152 valence electrons. The maximum Gasteiger partial charge on any atom is 0.395 e. The highest BCUT2D eigenvalue weighted by atomic mass is 19.4. The van der Waals surface area contributed by atoms with Crippen LogP contribution >= 0.6 is 0 Å². The van der Waals surface area contributed by atoms with Crippen molar-refractivity contribution in [3.63, 3.8) is 0 Å². The number of halogens is 8. The van der Waals surface area contributed by atoms with E-state index in [0.717, 1.165) is 6.42 Å². The number of alkyl halides is 8. The quantitative estimate of drug-likeness (QED) is 0.427. The Kier molecular flexibility index (Phi) is 7.81. The van der Waals surface area contributed by atoms with Gasteiger partial charge in [-0.1, -0.05) is 41.0 Å². The molecular formula is C17H28F8. The third-order valence-corrected chi connectivity index (χ3v) is 5.41. The first-order valence-electron chi connectivity index (χ1n) is 8.64. The van der Waals surface area contributed by atoms with E-state index in [1.54, 1.807) is 6.92 Å². The van der Waals surface area contributed by atoms with Crippen LogP contribution in [0.3, 0.4) is 0 Å². The van der Waals surface area contributed by atoms with E-state index in [1.165, 1.54) is 13.8 Å². The summed E-state index contributed by atoms with van der Waals surface area (Å²) in [6.45, 7) is 8.29. The Labute approximate surface area is 144 Å². The van der Waals surface area contributed by atoms with E-state index < -0.39 is 47.9 Å². The van der Waals surface area contributed by atoms with Gasteiger partial charge in [0.2, 0.25) is 5.92 Å². The van der Waals surface area contributed by atoms with Crippen molar-refractivity contribution < 1.29 is 35.1 Å². The molecule has 2 aliphatic carbocycles. The van der Waals surface area contributed by atoms with Crippen LogP contribution < -0.4 is 0 Å². The lowest BCUT2D eigenvalue weighted by Crippen LogP contribution is -2.57. The van der Waals surface area contributed by atoms with Gasteiger partial charge in [-0.15, -0.1) is 0 Å². The highest BCUT2D eigenvalue weighted by Crippen LogP contribution is 2.63. The summed E-state index contributed by atoms with van der Waals surface area (Å²) in [5.41, 5.74) is -3.45. The molecule has 0 bridgehead atoms. The smallest absolute Gasteiger partial charge is 0.207 e. The average Bonchev–Trinajstić information content (AvgIpc) is 2.34. The minimum absolute atomic E-state index is 0.247. The molecule has 2 aliphatic rings. The zero-order chi connectivity index (χ0) is 20.3. The van der Waals surface area contributed by atoms with E-state index in [4.69, 9.17) is 0 Å². The maximum absolute atomic E-state index is 12.4. The first-order valence-corrected chi connectivity index (χ1v) is 8.64. The van der Waals surface area contributed by atoms with E-state index in [-0.39, 0.29) is 6.42 Å². The van der Waals surface area contributed by atoms with Crippen molar-refractivity contribution in [1.29, 1.82) is 0 Å². The van der Waals surface area contributed by atoms with E-state index in [0.29, 0.717) is 12.8 Å². The second-order valence-electron chi connectivity index (χ2n) is 7.00. The molecule has 0 heterocycles. The number of rotatable bonds is 2. The third kappa shape index (κ3) is 5.00. The van der Waals surface area contributed by atoms with Gasteiger partial charge in [-0.3, -0.25) is 0 Å². The predicted molar refractivity (Wildman–Crippen MR) is 81.5 cm³/mol. The molecule has 25 heavy (non-hydrogen) atoms. The van der Waals surface area contributed by atoms with Crippen LogP contribution in [0, 0.1) is 16.7 Å². The summed E-state index contributed by atoms with van der Waals surface area (Å²) in [5.74, 6) is -3.91. The van der Waals surface area contributed by atoms with Gasteiger partial charge in [-0.25, -0.2) is 8.78 Å². The average molecular weight is 384 g/mol. The monoisotopic (exact) mass is 384 g/mol. The lowest BCUT2D eigenvalue weighted by atomic mass is 9.59. The largest absolute Gasteiger partial charge is 0.395 e. The van der Waals surface area contributed by atoms with Crippen LogP contribution in [0.2, 0.25) is 0 Å². The van der Waals surface area contributed by atoms with Crippen LogP contribution in [0.1, 0.15) is 73.1 Å². The van der Waals surface area contributed by atoms with Gasteiger partial charge in [0.05, 0.1) is 10.8 Å². The van der Waals surface area contributed by atoms with Crippen LogP contribution in [-0.2, 0) is 0 Å². The summed E-state index contributed by atoms with van der Waals surface area (Å²) in [6.07, 6.45) is -8.91. The molecule has 0 unspecified atom stereocenters. The highest BCUT2D eigenvalue weighted by molar-refractivity contribution is 5.04. The van der Waals surface area contributed by atoms with Gasteiger partial charge in [0.25, 0.3) is 0 Å². The summed E-state index contributed by atoms with van der Waals surface area (Å²) in [7, 11) is 0. The van der Waals surface area contributed by atoms with Gasteiger partial charge >= 0.3 is 12.4 Å². The molecule has 0 aromatic rings.